The van der Waals surface area contributed by atoms with Gasteiger partial charge in [0.05, 0.1) is 7.11 Å². The minimum absolute atomic E-state index is 0.164. The Morgan fingerprint density at radius 2 is 2.05 bits per heavy atom. The van der Waals surface area contributed by atoms with Crippen LogP contribution in [-0.4, -0.2) is 24.7 Å². The largest absolute Gasteiger partial charge is 0.497 e. The van der Waals surface area contributed by atoms with E-state index in [9.17, 15) is 4.79 Å². The van der Waals surface area contributed by atoms with Gasteiger partial charge in [-0.15, -0.1) is 0 Å². The normalized spacial score (nSPS) is 12.7. The summed E-state index contributed by atoms with van der Waals surface area (Å²) in [6, 6.07) is 5.39. The molecule has 1 aromatic carbocycles. The molecule has 0 aliphatic rings. The minimum Gasteiger partial charge on any atom is -0.497 e. The van der Waals surface area contributed by atoms with Gasteiger partial charge in [-0.2, -0.15) is 0 Å². The minimum atomic E-state index is -0.605. The summed E-state index contributed by atoms with van der Waals surface area (Å²) in [4.78, 5) is 12.0. The SMILES string of the molecule is COc1ccc(CN)c(OC(C)C(=O)NC(C)(C)C)c1. The second-order valence-corrected chi connectivity index (χ2v) is 5.68. The fraction of sp³-hybridized carbons (Fsp3) is 0.533. The molecular weight excluding hydrogens is 256 g/mol. The molecule has 0 bridgehead atoms. The molecule has 0 saturated heterocycles. The van der Waals surface area contributed by atoms with Gasteiger partial charge in [0.1, 0.15) is 11.5 Å². The van der Waals surface area contributed by atoms with Gasteiger partial charge in [0.15, 0.2) is 6.10 Å². The lowest BCUT2D eigenvalue weighted by molar-refractivity contribution is -0.128. The Hall–Kier alpha value is -1.75. The van der Waals surface area contributed by atoms with E-state index in [1.54, 1.807) is 20.1 Å². The van der Waals surface area contributed by atoms with Crippen molar-refractivity contribution in [3.05, 3.63) is 23.8 Å². The highest BCUT2D eigenvalue weighted by molar-refractivity contribution is 5.81. The van der Waals surface area contributed by atoms with E-state index in [0.29, 0.717) is 18.0 Å². The zero-order valence-electron chi connectivity index (χ0n) is 12.8. The Morgan fingerprint density at radius 1 is 1.40 bits per heavy atom. The highest BCUT2D eigenvalue weighted by Crippen LogP contribution is 2.25. The first kappa shape index (κ1) is 16.3. The van der Waals surface area contributed by atoms with Gasteiger partial charge < -0.3 is 20.5 Å². The van der Waals surface area contributed by atoms with Gasteiger partial charge >= 0.3 is 0 Å². The van der Waals surface area contributed by atoms with Crippen LogP contribution in [0, 0.1) is 0 Å². The third kappa shape index (κ3) is 4.74. The molecule has 0 heterocycles. The molecule has 3 N–H and O–H groups in total. The first-order valence-corrected chi connectivity index (χ1v) is 6.62. The number of nitrogens with two attached hydrogens (primary N) is 1. The summed E-state index contributed by atoms with van der Waals surface area (Å²) < 4.78 is 10.9. The molecule has 112 valence electrons. The van der Waals surface area contributed by atoms with E-state index in [4.69, 9.17) is 15.2 Å². The number of carbonyl (C=O) groups excluding carboxylic acids is 1. The number of nitrogens with one attached hydrogen (secondary N) is 1. The van der Waals surface area contributed by atoms with Crippen molar-refractivity contribution >= 4 is 5.91 Å². The molecule has 1 unspecified atom stereocenters. The van der Waals surface area contributed by atoms with Gasteiger partial charge in [-0.25, -0.2) is 0 Å². The van der Waals surface area contributed by atoms with Crippen LogP contribution in [0.2, 0.25) is 0 Å². The summed E-state index contributed by atoms with van der Waals surface area (Å²) >= 11 is 0. The van der Waals surface area contributed by atoms with Crippen molar-refractivity contribution in [2.24, 2.45) is 5.73 Å². The van der Waals surface area contributed by atoms with E-state index in [1.807, 2.05) is 32.9 Å². The van der Waals surface area contributed by atoms with Crippen molar-refractivity contribution < 1.29 is 14.3 Å². The standard InChI is InChI=1S/C15H24N2O3/c1-10(14(18)17-15(2,3)4)20-13-8-12(19-5)7-6-11(13)9-16/h6-8,10H,9,16H2,1-5H3,(H,17,18). The van der Waals surface area contributed by atoms with Gasteiger partial charge in [0, 0.05) is 23.7 Å². The average molecular weight is 280 g/mol. The second kappa shape index (κ2) is 6.61. The van der Waals surface area contributed by atoms with Crippen molar-refractivity contribution in [3.8, 4) is 11.5 Å². The molecule has 5 heteroatoms. The first-order valence-electron chi connectivity index (χ1n) is 6.62. The lowest BCUT2D eigenvalue weighted by Crippen LogP contribution is -2.46. The van der Waals surface area contributed by atoms with Crippen molar-refractivity contribution in [1.29, 1.82) is 0 Å². The second-order valence-electron chi connectivity index (χ2n) is 5.68. The third-order valence-corrected chi connectivity index (χ3v) is 2.67. The maximum Gasteiger partial charge on any atom is 0.261 e. The Kier molecular flexibility index (Phi) is 5.39. The summed E-state index contributed by atoms with van der Waals surface area (Å²) in [5.74, 6) is 1.08. The van der Waals surface area contributed by atoms with Crippen LogP contribution in [0.5, 0.6) is 11.5 Å². The topological polar surface area (TPSA) is 73.6 Å². The third-order valence-electron chi connectivity index (χ3n) is 2.67. The van der Waals surface area contributed by atoms with E-state index in [0.717, 1.165) is 5.56 Å². The monoisotopic (exact) mass is 280 g/mol. The zero-order valence-corrected chi connectivity index (χ0v) is 12.8. The molecule has 1 amide bonds. The molecule has 0 spiro atoms. The van der Waals surface area contributed by atoms with E-state index in [2.05, 4.69) is 5.32 Å². The summed E-state index contributed by atoms with van der Waals surface area (Å²) in [6.07, 6.45) is -0.605. The maximum atomic E-state index is 12.0. The molecule has 1 rings (SSSR count). The van der Waals surface area contributed by atoms with Crippen LogP contribution < -0.4 is 20.5 Å². The molecule has 0 radical (unpaired) electrons. The first-order chi connectivity index (χ1) is 9.26. The highest BCUT2D eigenvalue weighted by Gasteiger charge is 2.21. The Balaban J connectivity index is 2.83. The summed E-state index contributed by atoms with van der Waals surface area (Å²) in [5, 5.41) is 2.88. The summed E-state index contributed by atoms with van der Waals surface area (Å²) in [7, 11) is 1.58. The maximum absolute atomic E-state index is 12.0. The molecule has 0 saturated carbocycles. The van der Waals surface area contributed by atoms with Crippen LogP contribution in [-0.2, 0) is 11.3 Å². The van der Waals surface area contributed by atoms with Crippen LogP contribution in [0.4, 0.5) is 0 Å². The molecule has 0 fully saturated rings. The number of hydrogen-bond donors (Lipinski definition) is 2. The van der Waals surface area contributed by atoms with Crippen LogP contribution in [0.1, 0.15) is 33.3 Å². The quantitative estimate of drug-likeness (QED) is 0.863. The predicted molar refractivity (Wildman–Crippen MR) is 78.9 cm³/mol. The van der Waals surface area contributed by atoms with Crippen molar-refractivity contribution in [1.82, 2.24) is 5.32 Å². The van der Waals surface area contributed by atoms with Crippen molar-refractivity contribution in [2.75, 3.05) is 7.11 Å². The van der Waals surface area contributed by atoms with Crippen LogP contribution >= 0.6 is 0 Å². The van der Waals surface area contributed by atoms with E-state index < -0.39 is 6.10 Å². The molecule has 5 nitrogen and oxygen atoms in total. The molecule has 20 heavy (non-hydrogen) atoms. The molecule has 1 aromatic rings. The van der Waals surface area contributed by atoms with Gasteiger partial charge in [0.2, 0.25) is 0 Å². The Labute approximate surface area is 120 Å². The number of benzene rings is 1. The summed E-state index contributed by atoms with van der Waals surface area (Å²) in [6.45, 7) is 7.82. The molecular formula is C15H24N2O3. The van der Waals surface area contributed by atoms with Gasteiger partial charge in [-0.05, 0) is 33.8 Å². The number of amides is 1. The number of hydrogen-bond acceptors (Lipinski definition) is 4. The molecule has 0 aliphatic heterocycles. The van der Waals surface area contributed by atoms with Crippen LogP contribution in [0.3, 0.4) is 0 Å². The lowest BCUT2D eigenvalue weighted by atomic mass is 10.1. The lowest BCUT2D eigenvalue weighted by Gasteiger charge is -2.24. The van der Waals surface area contributed by atoms with Gasteiger partial charge in [-0.1, -0.05) is 6.07 Å². The number of carbonyl (C=O) groups is 1. The zero-order chi connectivity index (χ0) is 15.3. The van der Waals surface area contributed by atoms with Gasteiger partial charge in [0.25, 0.3) is 5.91 Å². The van der Waals surface area contributed by atoms with Crippen LogP contribution in [0.15, 0.2) is 18.2 Å². The Morgan fingerprint density at radius 3 is 2.55 bits per heavy atom. The number of ether oxygens (including phenoxy) is 2. The Bertz CT molecular complexity index is 467. The van der Waals surface area contributed by atoms with Gasteiger partial charge in [-0.3, -0.25) is 4.79 Å². The van der Waals surface area contributed by atoms with Crippen molar-refractivity contribution in [3.63, 3.8) is 0 Å². The fourth-order valence-electron chi connectivity index (χ4n) is 1.66. The molecule has 0 aliphatic carbocycles. The average Bonchev–Trinajstić information content (AvgIpc) is 2.36. The summed E-state index contributed by atoms with van der Waals surface area (Å²) in [5.41, 5.74) is 6.22. The molecule has 0 aromatic heterocycles. The van der Waals surface area contributed by atoms with Crippen LogP contribution in [0.25, 0.3) is 0 Å². The van der Waals surface area contributed by atoms with E-state index >= 15 is 0 Å². The molecule has 1 atom stereocenters. The highest BCUT2D eigenvalue weighted by atomic mass is 16.5. The number of rotatable bonds is 5. The van der Waals surface area contributed by atoms with E-state index in [1.165, 1.54) is 0 Å². The van der Waals surface area contributed by atoms with Crippen molar-refractivity contribution in [2.45, 2.75) is 45.9 Å². The number of methoxy groups -OCH3 is 1. The predicted octanol–water partition coefficient (Wildman–Crippen LogP) is 1.84. The smallest absolute Gasteiger partial charge is 0.261 e. The van der Waals surface area contributed by atoms with E-state index in [-0.39, 0.29) is 11.4 Å². The fourth-order valence-corrected chi connectivity index (χ4v) is 1.66.